The van der Waals surface area contributed by atoms with Crippen LogP contribution in [0.2, 0.25) is 0 Å². The number of halogens is 18. The molecule has 0 aromatic heterocycles. The van der Waals surface area contributed by atoms with Crippen LogP contribution in [0, 0.1) is 22.7 Å². The van der Waals surface area contributed by atoms with Crippen LogP contribution in [-0.4, -0.2) is 81.6 Å². The van der Waals surface area contributed by atoms with Gasteiger partial charge >= 0.3 is 54.6 Å². The van der Waals surface area contributed by atoms with Crippen LogP contribution in [0.4, 0.5) is 79.0 Å². The summed E-state index contributed by atoms with van der Waals surface area (Å²) in [6, 6.07) is 0. The molecule has 0 unspecified atom stereocenters. The molecule has 24 heteroatoms. The monoisotopic (exact) mass is 838 g/mol. The third-order valence-electron chi connectivity index (χ3n) is 9.77. The van der Waals surface area contributed by atoms with Crippen molar-refractivity contribution in [2.24, 2.45) is 22.7 Å². The van der Waals surface area contributed by atoms with Crippen LogP contribution in [-0.2, 0) is 19.1 Å². The summed E-state index contributed by atoms with van der Waals surface area (Å²) in [5.74, 6) is -8.63. The Labute approximate surface area is 296 Å². The number of alkyl halides is 18. The van der Waals surface area contributed by atoms with E-state index in [4.69, 9.17) is 0 Å². The van der Waals surface area contributed by atoms with Gasteiger partial charge < -0.3 is 19.7 Å². The molecule has 0 aromatic rings. The Hall–Kier alpha value is -2.40. The molecule has 1 aliphatic carbocycles. The zero-order chi connectivity index (χ0) is 44.0. The molecular formula is C30H40F18O6. The number of hydrogen-bond donors (Lipinski definition) is 2. The van der Waals surface area contributed by atoms with Crippen molar-refractivity contribution < 1.29 is 108 Å². The first-order chi connectivity index (χ1) is 23.3. The second-order valence-electron chi connectivity index (χ2n) is 14.5. The fraction of sp³-hybridized carbons (Fsp3) is 0.933. The van der Waals surface area contributed by atoms with Crippen molar-refractivity contribution >= 4 is 11.9 Å². The molecule has 0 heterocycles. The van der Waals surface area contributed by atoms with Crippen LogP contribution in [0.15, 0.2) is 0 Å². The van der Waals surface area contributed by atoms with Crippen LogP contribution < -0.4 is 0 Å². The highest BCUT2D eigenvalue weighted by atomic mass is 19.4. The van der Waals surface area contributed by atoms with E-state index in [1.54, 1.807) is 0 Å². The molecule has 0 bridgehead atoms. The summed E-state index contributed by atoms with van der Waals surface area (Å²) in [5, 5.41) is 18.7. The van der Waals surface area contributed by atoms with E-state index in [9.17, 15) is 98.8 Å². The zero-order valence-corrected chi connectivity index (χ0v) is 29.7. The van der Waals surface area contributed by atoms with Crippen molar-refractivity contribution in [1.82, 2.24) is 0 Å². The van der Waals surface area contributed by atoms with E-state index in [1.807, 2.05) is 0 Å². The van der Waals surface area contributed by atoms with Crippen molar-refractivity contribution in [2.75, 3.05) is 0 Å². The molecule has 2 N–H and O–H groups in total. The highest BCUT2D eigenvalue weighted by Gasteiger charge is 2.80. The van der Waals surface area contributed by atoms with E-state index in [2.05, 4.69) is 9.47 Å². The second-order valence-corrected chi connectivity index (χ2v) is 14.5. The molecular weight excluding hydrogens is 798 g/mol. The molecule has 1 rings (SSSR count). The van der Waals surface area contributed by atoms with Gasteiger partial charge in [-0.2, -0.15) is 79.0 Å². The van der Waals surface area contributed by atoms with Crippen LogP contribution in [0.25, 0.3) is 0 Å². The molecule has 0 atom stereocenters. The highest BCUT2D eigenvalue weighted by Crippen LogP contribution is 2.59. The molecule has 0 saturated heterocycles. The number of carbonyl (C=O) groups excluding carboxylic acids is 2. The van der Waals surface area contributed by atoms with E-state index < -0.39 is 120 Å². The Kier molecular flexibility index (Phi) is 14.8. The molecule has 1 saturated carbocycles. The lowest BCUT2D eigenvalue weighted by molar-refractivity contribution is -0.408. The SMILES string of the molecule is CCC(C)(C)C(=O)OC(C)(C)C(O)(C(F)(F)F)C(F)(F)F.CCC(C)(C)C(=O)OC(C1CCC(C(O)(C(F)(F)F)C(F)(F)F)CC1)(C(F)(F)F)C(F)(F)F. The molecule has 0 aliphatic heterocycles. The first kappa shape index (κ1) is 51.6. The Morgan fingerprint density at radius 3 is 1.00 bits per heavy atom. The summed E-state index contributed by atoms with van der Waals surface area (Å²) in [7, 11) is 0. The first-order valence-corrected chi connectivity index (χ1v) is 15.7. The summed E-state index contributed by atoms with van der Waals surface area (Å²) in [4.78, 5) is 23.9. The van der Waals surface area contributed by atoms with Crippen LogP contribution in [0.3, 0.4) is 0 Å². The number of ether oxygens (including phenoxy) is 2. The summed E-state index contributed by atoms with van der Waals surface area (Å²) in [6.07, 6.45) is -43.3. The van der Waals surface area contributed by atoms with Gasteiger partial charge in [0.15, 0.2) is 5.60 Å². The van der Waals surface area contributed by atoms with Gasteiger partial charge in [-0.3, -0.25) is 9.59 Å². The van der Waals surface area contributed by atoms with E-state index in [0.717, 1.165) is 13.8 Å². The fourth-order valence-corrected chi connectivity index (χ4v) is 5.22. The minimum Gasteiger partial charge on any atom is -0.455 e. The van der Waals surface area contributed by atoms with E-state index >= 15 is 0 Å². The summed E-state index contributed by atoms with van der Waals surface area (Å²) < 4.78 is 246. The third kappa shape index (κ3) is 9.58. The predicted octanol–water partition coefficient (Wildman–Crippen LogP) is 10.1. The molecule has 0 spiro atoms. The van der Waals surface area contributed by atoms with Gasteiger partial charge in [0.2, 0.25) is 0 Å². The molecule has 1 fully saturated rings. The Morgan fingerprint density at radius 1 is 0.481 bits per heavy atom. The van der Waals surface area contributed by atoms with Crippen molar-refractivity contribution in [3.8, 4) is 0 Å². The largest absolute Gasteiger partial charge is 0.455 e. The smallest absolute Gasteiger partial charge is 0.437 e. The van der Waals surface area contributed by atoms with Gasteiger partial charge in [-0.1, -0.05) is 13.8 Å². The lowest BCUT2D eigenvalue weighted by atomic mass is 9.67. The van der Waals surface area contributed by atoms with Gasteiger partial charge in [-0.25, -0.2) is 0 Å². The minimum absolute atomic E-state index is 0.137. The molecule has 322 valence electrons. The zero-order valence-electron chi connectivity index (χ0n) is 29.7. The minimum atomic E-state index is -6.29. The predicted molar refractivity (Wildman–Crippen MR) is 149 cm³/mol. The van der Waals surface area contributed by atoms with E-state index in [-0.39, 0.29) is 12.8 Å². The van der Waals surface area contributed by atoms with Crippen LogP contribution in [0.1, 0.15) is 93.9 Å². The number of aliphatic hydroxyl groups is 2. The molecule has 6 nitrogen and oxygen atoms in total. The van der Waals surface area contributed by atoms with E-state index in [1.165, 1.54) is 27.7 Å². The van der Waals surface area contributed by atoms with Crippen LogP contribution >= 0.6 is 0 Å². The van der Waals surface area contributed by atoms with Crippen molar-refractivity contribution in [3.05, 3.63) is 0 Å². The number of carbonyl (C=O) groups is 2. The van der Waals surface area contributed by atoms with Gasteiger partial charge in [0.1, 0.15) is 0 Å². The standard InChI is InChI=1S/C18H22F12O3.C12H18F6O3/c1-4-12(2,3)11(31)33-14(17(25,26)27,18(28,29)30)10-7-5-9(6-8-10)13(32,15(19,20)21)16(22,23)24;1-6-8(2,3)7(19)21-9(4,5)10(20,11(13,14)15)12(16,17)18/h9-10,32H,4-8H2,1-3H3;20H,6H2,1-5H3. The summed E-state index contributed by atoms with van der Waals surface area (Å²) >= 11 is 0. The normalized spacial score (nSPS) is 19.5. The van der Waals surface area contributed by atoms with Gasteiger partial charge in [-0.05, 0) is 80.1 Å². The third-order valence-corrected chi connectivity index (χ3v) is 9.77. The van der Waals surface area contributed by atoms with Gasteiger partial charge in [0.05, 0.1) is 10.8 Å². The van der Waals surface area contributed by atoms with E-state index in [0.29, 0.717) is 13.8 Å². The average Bonchev–Trinajstić information content (AvgIpc) is 2.95. The van der Waals surface area contributed by atoms with Gasteiger partial charge in [-0.15, -0.1) is 0 Å². The number of esters is 2. The Balaban J connectivity index is 0.00000115. The maximum atomic E-state index is 13.8. The van der Waals surface area contributed by atoms with Gasteiger partial charge in [0, 0.05) is 11.8 Å². The Bertz CT molecular complexity index is 1240. The topological polar surface area (TPSA) is 93.1 Å². The molecule has 1 aliphatic rings. The molecule has 0 aromatic carbocycles. The lowest BCUT2D eigenvalue weighted by Gasteiger charge is -2.47. The van der Waals surface area contributed by atoms with Crippen molar-refractivity contribution in [3.63, 3.8) is 0 Å². The van der Waals surface area contributed by atoms with Gasteiger partial charge in [0.25, 0.3) is 11.2 Å². The maximum absolute atomic E-state index is 13.8. The second kappa shape index (κ2) is 15.5. The van der Waals surface area contributed by atoms with Crippen molar-refractivity contribution in [1.29, 1.82) is 0 Å². The quantitative estimate of drug-likeness (QED) is 0.178. The molecule has 0 radical (unpaired) electrons. The summed E-state index contributed by atoms with van der Waals surface area (Å²) in [5.41, 5.74) is -22.0. The summed E-state index contributed by atoms with van der Waals surface area (Å²) in [6.45, 7) is 8.19. The Morgan fingerprint density at radius 2 is 0.759 bits per heavy atom. The molecule has 0 amide bonds. The molecule has 54 heavy (non-hydrogen) atoms. The van der Waals surface area contributed by atoms with Crippen molar-refractivity contribution in [2.45, 2.75) is 153 Å². The highest BCUT2D eigenvalue weighted by molar-refractivity contribution is 5.77. The maximum Gasteiger partial charge on any atom is 0.437 e. The first-order valence-electron chi connectivity index (χ1n) is 15.7. The fourth-order valence-electron chi connectivity index (χ4n) is 5.22. The number of rotatable bonds is 9. The number of hydrogen-bond acceptors (Lipinski definition) is 6. The van der Waals surface area contributed by atoms with Crippen LogP contribution in [0.5, 0.6) is 0 Å². The average molecular weight is 839 g/mol. The lowest BCUT2D eigenvalue weighted by Crippen LogP contribution is -2.70.